The minimum atomic E-state index is -0.359. The van der Waals surface area contributed by atoms with Crippen LogP contribution in [0.25, 0.3) is 5.82 Å². The van der Waals surface area contributed by atoms with E-state index >= 15 is 0 Å². The summed E-state index contributed by atoms with van der Waals surface area (Å²) in [6, 6.07) is 1.78. The van der Waals surface area contributed by atoms with Crippen LogP contribution >= 0.6 is 11.6 Å². The SMILES string of the molecule is Cc1nn(-c2ncc(F)cc2CNC(C)C)c(C)c1Cl. The van der Waals surface area contributed by atoms with Crippen molar-refractivity contribution in [3.63, 3.8) is 0 Å². The second-order valence-electron chi connectivity index (χ2n) is 5.07. The molecule has 0 radical (unpaired) electrons. The van der Waals surface area contributed by atoms with Crippen molar-refractivity contribution in [1.82, 2.24) is 20.1 Å². The molecule has 2 aromatic rings. The molecule has 0 saturated heterocycles. The molecule has 1 N–H and O–H groups in total. The Balaban J connectivity index is 2.47. The largest absolute Gasteiger partial charge is 0.310 e. The molecule has 4 nitrogen and oxygen atoms in total. The van der Waals surface area contributed by atoms with Crippen molar-refractivity contribution in [3.8, 4) is 5.82 Å². The van der Waals surface area contributed by atoms with Gasteiger partial charge in [-0.1, -0.05) is 25.4 Å². The average Bonchev–Trinajstić information content (AvgIpc) is 2.64. The lowest BCUT2D eigenvalue weighted by Crippen LogP contribution is -2.23. The Morgan fingerprint density at radius 1 is 1.40 bits per heavy atom. The van der Waals surface area contributed by atoms with Gasteiger partial charge in [-0.05, 0) is 19.9 Å². The van der Waals surface area contributed by atoms with E-state index < -0.39 is 0 Å². The number of pyridine rings is 1. The van der Waals surface area contributed by atoms with Gasteiger partial charge in [0, 0.05) is 18.2 Å². The van der Waals surface area contributed by atoms with Crippen molar-refractivity contribution < 1.29 is 4.39 Å². The summed E-state index contributed by atoms with van der Waals surface area (Å²) in [6.07, 6.45) is 1.19. The molecule has 2 aromatic heterocycles. The van der Waals surface area contributed by atoms with Gasteiger partial charge in [-0.25, -0.2) is 14.1 Å². The maximum absolute atomic E-state index is 13.4. The summed E-state index contributed by atoms with van der Waals surface area (Å²) in [7, 11) is 0. The maximum atomic E-state index is 13.4. The van der Waals surface area contributed by atoms with E-state index in [1.165, 1.54) is 12.3 Å². The molecule has 0 aliphatic carbocycles. The highest BCUT2D eigenvalue weighted by atomic mass is 35.5. The van der Waals surface area contributed by atoms with Crippen LogP contribution in [0, 0.1) is 19.7 Å². The monoisotopic (exact) mass is 296 g/mol. The second kappa shape index (κ2) is 5.89. The van der Waals surface area contributed by atoms with Gasteiger partial charge in [0.1, 0.15) is 5.82 Å². The molecule has 0 unspecified atom stereocenters. The Labute approximate surface area is 123 Å². The fraction of sp³-hybridized carbons (Fsp3) is 0.429. The van der Waals surface area contributed by atoms with E-state index in [1.54, 1.807) is 4.68 Å². The molecule has 6 heteroatoms. The number of nitrogens with one attached hydrogen (secondary N) is 1. The molecule has 0 bridgehead atoms. The Morgan fingerprint density at radius 3 is 2.65 bits per heavy atom. The summed E-state index contributed by atoms with van der Waals surface area (Å²) >= 11 is 6.16. The summed E-state index contributed by atoms with van der Waals surface area (Å²) in [6.45, 7) is 8.29. The van der Waals surface area contributed by atoms with Crippen LogP contribution in [0.15, 0.2) is 12.3 Å². The fourth-order valence-corrected chi connectivity index (χ4v) is 2.06. The van der Waals surface area contributed by atoms with E-state index in [1.807, 2.05) is 27.7 Å². The number of hydrogen-bond acceptors (Lipinski definition) is 3. The summed E-state index contributed by atoms with van der Waals surface area (Å²) in [5.74, 6) is 0.244. The molecule has 0 fully saturated rings. The molecule has 2 heterocycles. The van der Waals surface area contributed by atoms with Gasteiger partial charge in [0.05, 0.1) is 22.6 Å². The zero-order valence-corrected chi connectivity index (χ0v) is 12.8. The van der Waals surface area contributed by atoms with E-state index in [4.69, 9.17) is 11.6 Å². The van der Waals surface area contributed by atoms with Crippen molar-refractivity contribution >= 4 is 11.6 Å². The van der Waals surface area contributed by atoms with Crippen molar-refractivity contribution in [1.29, 1.82) is 0 Å². The third-order valence-corrected chi connectivity index (χ3v) is 3.56. The lowest BCUT2D eigenvalue weighted by atomic mass is 10.2. The van der Waals surface area contributed by atoms with Crippen molar-refractivity contribution in [3.05, 3.63) is 40.1 Å². The summed E-state index contributed by atoms with van der Waals surface area (Å²) in [4.78, 5) is 4.17. The van der Waals surface area contributed by atoms with Crippen LogP contribution < -0.4 is 5.32 Å². The van der Waals surface area contributed by atoms with Gasteiger partial charge >= 0.3 is 0 Å². The van der Waals surface area contributed by atoms with Crippen LogP contribution in [0.5, 0.6) is 0 Å². The smallest absolute Gasteiger partial charge is 0.158 e. The van der Waals surface area contributed by atoms with Gasteiger partial charge < -0.3 is 5.32 Å². The van der Waals surface area contributed by atoms with Gasteiger partial charge in [0.25, 0.3) is 0 Å². The van der Waals surface area contributed by atoms with Crippen LogP contribution in [0.2, 0.25) is 5.02 Å². The first kappa shape index (κ1) is 14.9. The Kier molecular flexibility index (Phi) is 4.40. The normalized spacial score (nSPS) is 11.3. The highest BCUT2D eigenvalue weighted by molar-refractivity contribution is 6.31. The van der Waals surface area contributed by atoms with Crippen LogP contribution in [0.4, 0.5) is 4.39 Å². The van der Waals surface area contributed by atoms with Crippen LogP contribution in [0.1, 0.15) is 30.8 Å². The van der Waals surface area contributed by atoms with Crippen molar-refractivity contribution in [2.24, 2.45) is 0 Å². The number of hydrogen-bond donors (Lipinski definition) is 1. The third kappa shape index (κ3) is 2.99. The third-order valence-electron chi connectivity index (χ3n) is 3.01. The lowest BCUT2D eigenvalue weighted by Gasteiger charge is -2.13. The van der Waals surface area contributed by atoms with E-state index in [0.717, 1.165) is 17.0 Å². The van der Waals surface area contributed by atoms with Crippen molar-refractivity contribution in [2.45, 2.75) is 40.3 Å². The van der Waals surface area contributed by atoms with E-state index in [-0.39, 0.29) is 5.82 Å². The second-order valence-corrected chi connectivity index (χ2v) is 5.45. The number of nitrogens with zero attached hydrogens (tertiary/aromatic N) is 3. The fourth-order valence-electron chi connectivity index (χ4n) is 1.94. The van der Waals surface area contributed by atoms with Gasteiger partial charge in [0.2, 0.25) is 0 Å². The zero-order chi connectivity index (χ0) is 14.9. The first-order chi connectivity index (χ1) is 9.40. The first-order valence-electron chi connectivity index (χ1n) is 6.50. The van der Waals surface area contributed by atoms with Crippen LogP contribution in [-0.2, 0) is 6.54 Å². The van der Waals surface area contributed by atoms with Gasteiger partial charge in [-0.2, -0.15) is 5.10 Å². The molecule has 0 amide bonds. The average molecular weight is 297 g/mol. The standard InChI is InChI=1S/C14H18ClFN4/c1-8(2)17-6-11-5-12(16)7-18-14(11)20-10(4)13(15)9(3)19-20/h5,7-8,17H,6H2,1-4H3. The summed E-state index contributed by atoms with van der Waals surface area (Å²) < 4.78 is 15.1. The molecule has 0 aromatic carbocycles. The molecule has 0 aliphatic heterocycles. The minimum Gasteiger partial charge on any atom is -0.310 e. The molecule has 108 valence electrons. The minimum absolute atomic E-state index is 0.301. The van der Waals surface area contributed by atoms with E-state index in [9.17, 15) is 4.39 Å². The maximum Gasteiger partial charge on any atom is 0.158 e. The predicted octanol–water partition coefficient (Wildman–Crippen LogP) is 3.17. The van der Waals surface area contributed by atoms with Crippen molar-refractivity contribution in [2.75, 3.05) is 0 Å². The van der Waals surface area contributed by atoms with E-state index in [2.05, 4.69) is 15.4 Å². The van der Waals surface area contributed by atoms with Gasteiger partial charge in [-0.3, -0.25) is 0 Å². The molecule has 2 rings (SSSR count). The Bertz CT molecular complexity index is 622. The van der Waals surface area contributed by atoms with E-state index in [0.29, 0.717) is 23.4 Å². The summed E-state index contributed by atoms with van der Waals surface area (Å²) in [5, 5.41) is 8.24. The first-order valence-corrected chi connectivity index (χ1v) is 6.88. The molecule has 0 aliphatic rings. The number of aromatic nitrogens is 3. The Hall–Kier alpha value is -1.46. The topological polar surface area (TPSA) is 42.7 Å². The highest BCUT2D eigenvalue weighted by Gasteiger charge is 2.15. The number of rotatable bonds is 4. The Morgan fingerprint density at radius 2 is 2.10 bits per heavy atom. The molecule has 20 heavy (non-hydrogen) atoms. The quantitative estimate of drug-likeness (QED) is 0.942. The molecule has 0 atom stereocenters. The summed E-state index contributed by atoms with van der Waals surface area (Å²) in [5.41, 5.74) is 2.29. The number of aryl methyl sites for hydroxylation is 1. The molecule has 0 spiro atoms. The van der Waals surface area contributed by atoms with Gasteiger partial charge in [0.15, 0.2) is 5.82 Å². The molecular weight excluding hydrogens is 279 g/mol. The predicted molar refractivity (Wildman–Crippen MR) is 77.8 cm³/mol. The molecular formula is C14H18ClFN4. The number of halogens is 2. The molecule has 0 saturated carbocycles. The highest BCUT2D eigenvalue weighted by Crippen LogP contribution is 2.23. The van der Waals surface area contributed by atoms with Crippen LogP contribution in [-0.4, -0.2) is 20.8 Å². The lowest BCUT2D eigenvalue weighted by molar-refractivity contribution is 0.573. The van der Waals surface area contributed by atoms with Crippen LogP contribution in [0.3, 0.4) is 0 Å². The zero-order valence-electron chi connectivity index (χ0n) is 12.0. The van der Waals surface area contributed by atoms with Gasteiger partial charge in [-0.15, -0.1) is 0 Å².